The average Bonchev–Trinajstić information content (AvgIpc) is 3.42. The lowest BCUT2D eigenvalue weighted by atomic mass is 10.2. The Labute approximate surface area is 177 Å². The molecule has 3 heterocycles. The summed E-state index contributed by atoms with van der Waals surface area (Å²) in [5.41, 5.74) is -0.827. The van der Waals surface area contributed by atoms with Crippen LogP contribution in [0.4, 0.5) is 10.1 Å². The van der Waals surface area contributed by atoms with Gasteiger partial charge in [-0.3, -0.25) is 14.2 Å². The molecule has 4 aromatic rings. The van der Waals surface area contributed by atoms with Crippen molar-refractivity contribution in [1.82, 2.24) is 9.13 Å². The minimum Gasteiger partial charge on any atom is -0.454 e. The number of para-hydroxylation sites is 1. The van der Waals surface area contributed by atoms with Gasteiger partial charge in [-0.05, 0) is 35.7 Å². The lowest BCUT2D eigenvalue weighted by Gasteiger charge is -2.13. The third-order valence-electron chi connectivity index (χ3n) is 4.81. The Morgan fingerprint density at radius 2 is 1.90 bits per heavy atom. The quantitative estimate of drug-likeness (QED) is 0.528. The zero-order valence-corrected chi connectivity index (χ0v) is 16.6. The molecule has 0 spiro atoms. The number of nitrogens with zero attached hydrogens (tertiary/aromatic N) is 2. The first-order valence-corrected chi connectivity index (χ1v) is 10.1. The van der Waals surface area contributed by atoms with E-state index in [4.69, 9.17) is 9.47 Å². The molecule has 0 radical (unpaired) electrons. The van der Waals surface area contributed by atoms with Gasteiger partial charge in [0.15, 0.2) is 11.5 Å². The van der Waals surface area contributed by atoms with Crippen LogP contribution < -0.4 is 26.0 Å². The number of carbonyl (C=O) groups excluding carboxylic acids is 1. The third kappa shape index (κ3) is 3.26. The van der Waals surface area contributed by atoms with E-state index in [0.717, 1.165) is 26.5 Å². The van der Waals surface area contributed by atoms with Crippen molar-refractivity contribution in [3.05, 3.63) is 80.6 Å². The van der Waals surface area contributed by atoms with Crippen molar-refractivity contribution in [3.8, 4) is 17.2 Å². The fourth-order valence-corrected chi connectivity index (χ4v) is 4.23. The first-order valence-electron chi connectivity index (χ1n) is 9.20. The second kappa shape index (κ2) is 7.40. The normalized spacial score (nSPS) is 12.3. The van der Waals surface area contributed by atoms with E-state index < -0.39 is 23.0 Å². The SMILES string of the molecule is O=C(Cn1c(=O)n(-c2ccccc2F)c(=O)c2sccc21)Nc1ccc2c(c1)OCO2. The van der Waals surface area contributed by atoms with Crippen LogP contribution in [0.1, 0.15) is 0 Å². The highest BCUT2D eigenvalue weighted by Crippen LogP contribution is 2.34. The molecule has 1 N–H and O–H groups in total. The Morgan fingerprint density at radius 3 is 2.74 bits per heavy atom. The number of hydrogen-bond acceptors (Lipinski definition) is 6. The number of thiophene rings is 1. The van der Waals surface area contributed by atoms with Crippen LogP contribution in [-0.2, 0) is 11.3 Å². The number of hydrogen-bond donors (Lipinski definition) is 1. The maximum Gasteiger partial charge on any atom is 0.336 e. The summed E-state index contributed by atoms with van der Waals surface area (Å²) < 4.78 is 27.0. The molecule has 8 nitrogen and oxygen atoms in total. The fraction of sp³-hybridized carbons (Fsp3) is 0.0952. The Kier molecular flexibility index (Phi) is 4.55. The molecule has 0 fully saturated rings. The molecule has 0 saturated heterocycles. The van der Waals surface area contributed by atoms with Crippen LogP contribution in [0, 0.1) is 5.82 Å². The number of carbonyl (C=O) groups is 1. The minimum atomic E-state index is -0.804. The number of amides is 1. The second-order valence-electron chi connectivity index (χ2n) is 6.71. The van der Waals surface area contributed by atoms with E-state index in [9.17, 15) is 18.8 Å². The molecule has 31 heavy (non-hydrogen) atoms. The van der Waals surface area contributed by atoms with Gasteiger partial charge in [0.2, 0.25) is 12.7 Å². The van der Waals surface area contributed by atoms with Crippen molar-refractivity contribution in [2.45, 2.75) is 6.54 Å². The lowest BCUT2D eigenvalue weighted by molar-refractivity contribution is -0.116. The molecule has 0 atom stereocenters. The van der Waals surface area contributed by atoms with Gasteiger partial charge in [-0.25, -0.2) is 13.8 Å². The van der Waals surface area contributed by atoms with E-state index >= 15 is 0 Å². The van der Waals surface area contributed by atoms with Crippen LogP contribution in [0.3, 0.4) is 0 Å². The summed E-state index contributed by atoms with van der Waals surface area (Å²) in [4.78, 5) is 38.7. The zero-order valence-electron chi connectivity index (χ0n) is 15.8. The molecule has 2 aromatic carbocycles. The Morgan fingerprint density at radius 1 is 1.10 bits per heavy atom. The summed E-state index contributed by atoms with van der Waals surface area (Å²) in [5, 5.41) is 4.34. The van der Waals surface area contributed by atoms with Crippen molar-refractivity contribution >= 4 is 33.1 Å². The van der Waals surface area contributed by atoms with E-state index in [1.54, 1.807) is 29.6 Å². The van der Waals surface area contributed by atoms with E-state index in [1.807, 2.05) is 0 Å². The number of ether oxygens (including phenoxy) is 2. The number of rotatable bonds is 4. The first kappa shape index (κ1) is 19.1. The van der Waals surface area contributed by atoms with Gasteiger partial charge in [0.1, 0.15) is 17.1 Å². The highest BCUT2D eigenvalue weighted by Gasteiger charge is 2.20. The van der Waals surface area contributed by atoms with Crippen LogP contribution >= 0.6 is 11.3 Å². The van der Waals surface area contributed by atoms with Crippen LogP contribution in [0.2, 0.25) is 0 Å². The highest BCUT2D eigenvalue weighted by molar-refractivity contribution is 7.17. The predicted molar refractivity (Wildman–Crippen MR) is 113 cm³/mol. The second-order valence-corrected chi connectivity index (χ2v) is 7.63. The number of halogens is 1. The van der Waals surface area contributed by atoms with E-state index in [1.165, 1.54) is 18.2 Å². The molecule has 0 aliphatic carbocycles. The van der Waals surface area contributed by atoms with Gasteiger partial charge >= 0.3 is 5.69 Å². The first-order chi connectivity index (χ1) is 15.0. The maximum absolute atomic E-state index is 14.3. The standard InChI is InChI=1S/C21H14FN3O5S/c22-13-3-1-2-4-14(13)25-20(27)19-15(7-8-31-19)24(21(25)28)10-18(26)23-12-5-6-16-17(9-12)30-11-29-16/h1-9H,10-11H2,(H,23,26). The highest BCUT2D eigenvalue weighted by atomic mass is 32.1. The monoisotopic (exact) mass is 439 g/mol. The van der Waals surface area contributed by atoms with E-state index in [2.05, 4.69) is 5.32 Å². The molecule has 0 unspecified atom stereocenters. The van der Waals surface area contributed by atoms with Crippen molar-refractivity contribution in [2.24, 2.45) is 0 Å². The Hall–Kier alpha value is -3.92. The van der Waals surface area contributed by atoms with Crippen LogP contribution in [0.15, 0.2) is 63.5 Å². The predicted octanol–water partition coefficient (Wildman–Crippen LogP) is 2.72. The lowest BCUT2D eigenvalue weighted by Crippen LogP contribution is -2.40. The number of nitrogens with one attached hydrogen (secondary N) is 1. The van der Waals surface area contributed by atoms with Gasteiger partial charge in [-0.15, -0.1) is 11.3 Å². The van der Waals surface area contributed by atoms with Crippen molar-refractivity contribution in [2.75, 3.05) is 12.1 Å². The van der Waals surface area contributed by atoms with Crippen LogP contribution in [0.5, 0.6) is 11.5 Å². The summed E-state index contributed by atoms with van der Waals surface area (Å²) in [6.07, 6.45) is 0. The van der Waals surface area contributed by atoms with Gasteiger partial charge in [-0.2, -0.15) is 0 Å². The maximum atomic E-state index is 14.3. The summed E-state index contributed by atoms with van der Waals surface area (Å²) in [7, 11) is 0. The third-order valence-corrected chi connectivity index (χ3v) is 5.70. The van der Waals surface area contributed by atoms with Crippen molar-refractivity contribution in [3.63, 3.8) is 0 Å². The van der Waals surface area contributed by atoms with E-state index in [-0.39, 0.29) is 23.7 Å². The Bertz CT molecular complexity index is 1460. The average molecular weight is 439 g/mol. The van der Waals surface area contributed by atoms with Gasteiger partial charge in [0.25, 0.3) is 5.56 Å². The van der Waals surface area contributed by atoms with Crippen LogP contribution in [-0.4, -0.2) is 21.8 Å². The number of fused-ring (bicyclic) bond motifs is 2. The van der Waals surface area contributed by atoms with E-state index in [0.29, 0.717) is 22.7 Å². The number of aromatic nitrogens is 2. The molecule has 10 heteroatoms. The molecular formula is C21H14FN3O5S. The van der Waals surface area contributed by atoms with Crippen molar-refractivity contribution < 1.29 is 18.7 Å². The summed E-state index contributed by atoms with van der Waals surface area (Å²) in [6.45, 7) is -0.259. The fourth-order valence-electron chi connectivity index (χ4n) is 3.40. The molecule has 156 valence electrons. The van der Waals surface area contributed by atoms with Gasteiger partial charge in [0, 0.05) is 11.8 Å². The van der Waals surface area contributed by atoms with Gasteiger partial charge in [0.05, 0.1) is 11.2 Å². The Balaban J connectivity index is 1.55. The summed E-state index contributed by atoms with van der Waals surface area (Å²) in [5.74, 6) is -0.129. The molecule has 1 aliphatic heterocycles. The summed E-state index contributed by atoms with van der Waals surface area (Å²) >= 11 is 1.12. The minimum absolute atomic E-state index is 0.107. The number of benzene rings is 2. The molecule has 1 aliphatic rings. The molecule has 0 saturated carbocycles. The van der Waals surface area contributed by atoms with Gasteiger partial charge < -0.3 is 14.8 Å². The van der Waals surface area contributed by atoms with Crippen molar-refractivity contribution in [1.29, 1.82) is 0 Å². The number of anilines is 1. The molecule has 0 bridgehead atoms. The van der Waals surface area contributed by atoms with Gasteiger partial charge in [-0.1, -0.05) is 12.1 Å². The topological polar surface area (TPSA) is 91.6 Å². The zero-order chi connectivity index (χ0) is 21.5. The summed E-state index contributed by atoms with van der Waals surface area (Å²) in [6, 6.07) is 12.0. The molecular weight excluding hydrogens is 425 g/mol. The smallest absolute Gasteiger partial charge is 0.336 e. The molecule has 1 amide bonds. The molecule has 5 rings (SSSR count). The van der Waals surface area contributed by atoms with Crippen LogP contribution in [0.25, 0.3) is 15.9 Å². The molecule has 2 aromatic heterocycles. The largest absolute Gasteiger partial charge is 0.454 e.